The van der Waals surface area contributed by atoms with Gasteiger partial charge in [0.2, 0.25) is 0 Å². The van der Waals surface area contributed by atoms with E-state index in [4.69, 9.17) is 0 Å². The van der Waals surface area contributed by atoms with Crippen LogP contribution in [0, 0.1) is 5.92 Å². The fourth-order valence-electron chi connectivity index (χ4n) is 3.18. The predicted molar refractivity (Wildman–Crippen MR) is 89.3 cm³/mol. The van der Waals surface area contributed by atoms with Gasteiger partial charge in [-0.3, -0.25) is 0 Å². The summed E-state index contributed by atoms with van der Waals surface area (Å²) >= 11 is 1.97. The molecule has 1 N–H and O–H groups in total. The molecule has 0 amide bonds. The van der Waals surface area contributed by atoms with Crippen molar-refractivity contribution < 1.29 is 0 Å². The molecule has 2 aliphatic rings. The van der Waals surface area contributed by atoms with E-state index in [-0.39, 0.29) is 0 Å². The van der Waals surface area contributed by atoms with Gasteiger partial charge in [-0.1, -0.05) is 31.8 Å². The molecule has 1 aromatic rings. The Morgan fingerprint density at radius 3 is 2.65 bits per heavy atom. The standard InChI is InChI=1S/C18H27NS/c1-2-17-10-11-18(20-17)12-15(13-19-16-8-9-16)14-6-4-3-5-7-14/h10-12,14,16,19H,2-9,13H2,1H3/b15-12-. The number of aryl methyl sites for hydroxylation is 1. The summed E-state index contributed by atoms with van der Waals surface area (Å²) in [5.41, 5.74) is 1.67. The SMILES string of the molecule is CCc1ccc(/C=C(/CNC2CC2)C2CCCCC2)s1. The van der Waals surface area contributed by atoms with Gasteiger partial charge in [0.05, 0.1) is 0 Å². The molecular weight excluding hydrogens is 262 g/mol. The van der Waals surface area contributed by atoms with Crippen molar-refractivity contribution in [3.63, 3.8) is 0 Å². The van der Waals surface area contributed by atoms with Crippen LogP contribution in [0.3, 0.4) is 0 Å². The van der Waals surface area contributed by atoms with Gasteiger partial charge in [0, 0.05) is 22.3 Å². The maximum atomic E-state index is 3.73. The van der Waals surface area contributed by atoms with Crippen molar-refractivity contribution in [2.24, 2.45) is 5.92 Å². The Labute approximate surface area is 127 Å². The predicted octanol–water partition coefficient (Wildman–Crippen LogP) is 5.03. The Balaban J connectivity index is 1.71. The molecule has 20 heavy (non-hydrogen) atoms. The summed E-state index contributed by atoms with van der Waals surface area (Å²) in [6.07, 6.45) is 13.5. The van der Waals surface area contributed by atoms with Crippen LogP contribution in [0.4, 0.5) is 0 Å². The first-order chi connectivity index (χ1) is 9.85. The topological polar surface area (TPSA) is 12.0 Å². The number of hydrogen-bond donors (Lipinski definition) is 1. The van der Waals surface area contributed by atoms with E-state index in [1.807, 2.05) is 11.3 Å². The van der Waals surface area contributed by atoms with Crippen molar-refractivity contribution in [2.75, 3.05) is 6.54 Å². The first-order valence-corrected chi connectivity index (χ1v) is 9.19. The summed E-state index contributed by atoms with van der Waals surface area (Å²) < 4.78 is 0. The molecule has 0 bridgehead atoms. The first-order valence-electron chi connectivity index (χ1n) is 8.37. The third kappa shape index (κ3) is 3.95. The summed E-state index contributed by atoms with van der Waals surface area (Å²) in [5, 5.41) is 3.73. The van der Waals surface area contributed by atoms with Crippen LogP contribution in [0.2, 0.25) is 0 Å². The minimum Gasteiger partial charge on any atom is -0.310 e. The molecule has 0 radical (unpaired) electrons. The number of rotatable bonds is 6. The summed E-state index contributed by atoms with van der Waals surface area (Å²) in [7, 11) is 0. The molecule has 1 nitrogen and oxygen atoms in total. The van der Waals surface area contributed by atoms with E-state index in [9.17, 15) is 0 Å². The zero-order valence-corrected chi connectivity index (χ0v) is 13.5. The van der Waals surface area contributed by atoms with Crippen molar-refractivity contribution in [2.45, 2.75) is 64.3 Å². The van der Waals surface area contributed by atoms with Crippen molar-refractivity contribution in [3.05, 3.63) is 27.5 Å². The summed E-state index contributed by atoms with van der Waals surface area (Å²) in [4.78, 5) is 2.97. The van der Waals surface area contributed by atoms with E-state index < -0.39 is 0 Å². The summed E-state index contributed by atoms with van der Waals surface area (Å²) in [6.45, 7) is 3.37. The van der Waals surface area contributed by atoms with Crippen molar-refractivity contribution in [3.8, 4) is 0 Å². The van der Waals surface area contributed by atoms with Crippen LogP contribution in [0.5, 0.6) is 0 Å². The van der Waals surface area contributed by atoms with Gasteiger partial charge in [0.15, 0.2) is 0 Å². The molecule has 2 heteroatoms. The van der Waals surface area contributed by atoms with Crippen molar-refractivity contribution >= 4 is 17.4 Å². The molecule has 3 rings (SSSR count). The molecule has 0 unspecified atom stereocenters. The molecule has 0 aromatic carbocycles. The normalized spacial score (nSPS) is 21.4. The third-order valence-electron chi connectivity index (χ3n) is 4.66. The van der Waals surface area contributed by atoms with Crippen LogP contribution in [-0.4, -0.2) is 12.6 Å². The molecule has 0 aliphatic heterocycles. The van der Waals surface area contributed by atoms with Crippen LogP contribution < -0.4 is 5.32 Å². The van der Waals surface area contributed by atoms with E-state index in [1.54, 1.807) is 5.57 Å². The van der Waals surface area contributed by atoms with Gasteiger partial charge in [-0.05, 0) is 56.2 Å². The van der Waals surface area contributed by atoms with Crippen molar-refractivity contribution in [1.29, 1.82) is 0 Å². The van der Waals surface area contributed by atoms with Gasteiger partial charge >= 0.3 is 0 Å². The highest BCUT2D eigenvalue weighted by atomic mass is 32.1. The lowest BCUT2D eigenvalue weighted by Gasteiger charge is -2.25. The second kappa shape index (κ2) is 6.91. The highest BCUT2D eigenvalue weighted by Crippen LogP contribution is 2.32. The molecule has 1 heterocycles. The molecule has 110 valence electrons. The smallest absolute Gasteiger partial charge is 0.0273 e. The van der Waals surface area contributed by atoms with Gasteiger partial charge in [-0.2, -0.15) is 0 Å². The molecular formula is C18H27NS. The summed E-state index contributed by atoms with van der Waals surface area (Å²) in [6, 6.07) is 5.42. The van der Waals surface area contributed by atoms with E-state index in [0.717, 1.165) is 24.9 Å². The lowest BCUT2D eigenvalue weighted by Crippen LogP contribution is -2.23. The lowest BCUT2D eigenvalue weighted by molar-refractivity contribution is 0.396. The maximum Gasteiger partial charge on any atom is 0.0273 e. The third-order valence-corrected chi connectivity index (χ3v) is 5.84. The fourth-order valence-corrected chi connectivity index (χ4v) is 4.11. The fraction of sp³-hybridized carbons (Fsp3) is 0.667. The largest absolute Gasteiger partial charge is 0.310 e. The number of nitrogens with one attached hydrogen (secondary N) is 1. The molecule has 2 saturated carbocycles. The van der Waals surface area contributed by atoms with Crippen LogP contribution >= 0.6 is 11.3 Å². The average Bonchev–Trinajstić information content (AvgIpc) is 3.22. The minimum atomic E-state index is 0.816. The monoisotopic (exact) mass is 289 g/mol. The van der Waals surface area contributed by atoms with Gasteiger partial charge in [0.25, 0.3) is 0 Å². The van der Waals surface area contributed by atoms with E-state index in [1.165, 1.54) is 54.7 Å². The Morgan fingerprint density at radius 2 is 2.00 bits per heavy atom. The molecule has 0 spiro atoms. The molecule has 2 aliphatic carbocycles. The Kier molecular flexibility index (Phi) is 4.95. The van der Waals surface area contributed by atoms with Gasteiger partial charge in [-0.15, -0.1) is 11.3 Å². The highest BCUT2D eigenvalue weighted by molar-refractivity contribution is 7.12. The number of hydrogen-bond acceptors (Lipinski definition) is 2. The Bertz CT molecular complexity index is 450. The van der Waals surface area contributed by atoms with Crippen LogP contribution in [-0.2, 0) is 6.42 Å². The quantitative estimate of drug-likeness (QED) is 0.775. The minimum absolute atomic E-state index is 0.816. The highest BCUT2D eigenvalue weighted by Gasteiger charge is 2.23. The lowest BCUT2D eigenvalue weighted by atomic mass is 9.83. The van der Waals surface area contributed by atoms with Gasteiger partial charge < -0.3 is 5.32 Å². The number of thiophene rings is 1. The van der Waals surface area contributed by atoms with Crippen LogP contribution in [0.1, 0.15) is 61.6 Å². The zero-order valence-electron chi connectivity index (χ0n) is 12.7. The first kappa shape index (κ1) is 14.3. The van der Waals surface area contributed by atoms with E-state index in [0.29, 0.717) is 0 Å². The zero-order chi connectivity index (χ0) is 13.8. The average molecular weight is 289 g/mol. The Morgan fingerprint density at radius 1 is 1.20 bits per heavy atom. The van der Waals surface area contributed by atoms with Gasteiger partial charge in [-0.25, -0.2) is 0 Å². The van der Waals surface area contributed by atoms with Gasteiger partial charge in [0.1, 0.15) is 0 Å². The second-order valence-electron chi connectivity index (χ2n) is 6.37. The molecule has 1 aromatic heterocycles. The molecule has 0 saturated heterocycles. The molecule has 0 atom stereocenters. The maximum absolute atomic E-state index is 3.73. The van der Waals surface area contributed by atoms with E-state index >= 15 is 0 Å². The Hall–Kier alpha value is -0.600. The van der Waals surface area contributed by atoms with Crippen molar-refractivity contribution in [1.82, 2.24) is 5.32 Å². The second-order valence-corrected chi connectivity index (χ2v) is 7.57. The van der Waals surface area contributed by atoms with Crippen LogP contribution in [0.25, 0.3) is 6.08 Å². The van der Waals surface area contributed by atoms with Crippen LogP contribution in [0.15, 0.2) is 17.7 Å². The van der Waals surface area contributed by atoms with E-state index in [2.05, 4.69) is 30.4 Å². The summed E-state index contributed by atoms with van der Waals surface area (Å²) in [5.74, 6) is 0.835. The molecule has 2 fully saturated rings.